The standard InChI is InChI=1S/C23H36N4O/c28-23(18-26-15-14-25-17-22(26)19-8-7-13-24-16-19)27(20-9-3-1-4-10-20)21-11-5-2-6-12-21/h7-8,13,16,20-22,25H,1-6,9-12,14-15,17-18H2. The van der Waals surface area contributed by atoms with Crippen LogP contribution in [-0.4, -0.2) is 59.0 Å². The smallest absolute Gasteiger partial charge is 0.237 e. The highest BCUT2D eigenvalue weighted by Gasteiger charge is 2.34. The van der Waals surface area contributed by atoms with Gasteiger partial charge < -0.3 is 10.2 Å². The first-order valence-corrected chi connectivity index (χ1v) is 11.5. The van der Waals surface area contributed by atoms with Gasteiger partial charge >= 0.3 is 0 Å². The van der Waals surface area contributed by atoms with Gasteiger partial charge in [-0.05, 0) is 37.3 Å². The van der Waals surface area contributed by atoms with Gasteiger partial charge in [0.1, 0.15) is 0 Å². The van der Waals surface area contributed by atoms with Crippen LogP contribution in [0.2, 0.25) is 0 Å². The summed E-state index contributed by atoms with van der Waals surface area (Å²) in [5, 5.41) is 3.50. The summed E-state index contributed by atoms with van der Waals surface area (Å²) in [5.74, 6) is 0.370. The maximum Gasteiger partial charge on any atom is 0.237 e. The molecule has 1 N–H and O–H groups in total. The van der Waals surface area contributed by atoms with E-state index in [1.165, 1.54) is 69.8 Å². The van der Waals surface area contributed by atoms with Crippen molar-refractivity contribution in [3.05, 3.63) is 30.1 Å². The molecule has 3 fully saturated rings. The highest BCUT2D eigenvalue weighted by molar-refractivity contribution is 5.79. The summed E-state index contributed by atoms with van der Waals surface area (Å²) >= 11 is 0. The molecule has 1 aromatic rings. The zero-order valence-electron chi connectivity index (χ0n) is 17.2. The number of hydrogen-bond donors (Lipinski definition) is 1. The highest BCUT2D eigenvalue weighted by atomic mass is 16.2. The van der Waals surface area contributed by atoms with Crippen molar-refractivity contribution in [1.82, 2.24) is 20.1 Å². The second-order valence-corrected chi connectivity index (χ2v) is 8.86. The predicted molar refractivity (Wildman–Crippen MR) is 112 cm³/mol. The summed E-state index contributed by atoms with van der Waals surface area (Å²) in [6.07, 6.45) is 16.4. The fraction of sp³-hybridized carbons (Fsp3) is 0.739. The molecule has 28 heavy (non-hydrogen) atoms. The number of nitrogens with one attached hydrogen (secondary N) is 1. The number of piperazine rings is 1. The molecule has 5 heteroatoms. The average Bonchev–Trinajstić information content (AvgIpc) is 2.76. The summed E-state index contributed by atoms with van der Waals surface area (Å²) in [6.45, 7) is 3.32. The Balaban J connectivity index is 1.48. The maximum absolute atomic E-state index is 13.6. The van der Waals surface area contributed by atoms with Crippen LogP contribution < -0.4 is 5.32 Å². The molecule has 1 saturated heterocycles. The first-order valence-electron chi connectivity index (χ1n) is 11.5. The SMILES string of the molecule is O=C(CN1CCNCC1c1cccnc1)N(C1CCCCC1)C1CCCCC1. The molecule has 1 aliphatic heterocycles. The van der Waals surface area contributed by atoms with Crippen LogP contribution in [0.25, 0.3) is 0 Å². The van der Waals surface area contributed by atoms with Crippen molar-refractivity contribution in [1.29, 1.82) is 0 Å². The van der Waals surface area contributed by atoms with Crippen molar-refractivity contribution < 1.29 is 4.79 Å². The third-order valence-corrected chi connectivity index (χ3v) is 6.99. The molecule has 3 aliphatic rings. The largest absolute Gasteiger partial charge is 0.336 e. The van der Waals surface area contributed by atoms with E-state index in [4.69, 9.17) is 0 Å². The van der Waals surface area contributed by atoms with Crippen LogP contribution in [0.4, 0.5) is 0 Å². The fourth-order valence-electron chi connectivity index (χ4n) is 5.52. The lowest BCUT2D eigenvalue weighted by Crippen LogP contribution is -2.55. The third-order valence-electron chi connectivity index (χ3n) is 6.99. The Hall–Kier alpha value is -1.46. The van der Waals surface area contributed by atoms with Crippen molar-refractivity contribution in [3.63, 3.8) is 0 Å². The first kappa shape index (κ1) is 19.8. The highest BCUT2D eigenvalue weighted by Crippen LogP contribution is 2.31. The Bertz CT molecular complexity index is 592. The minimum Gasteiger partial charge on any atom is -0.336 e. The van der Waals surface area contributed by atoms with Gasteiger partial charge in [0, 0.05) is 50.2 Å². The van der Waals surface area contributed by atoms with Crippen LogP contribution >= 0.6 is 0 Å². The molecule has 0 spiro atoms. The van der Waals surface area contributed by atoms with E-state index in [2.05, 4.69) is 26.2 Å². The van der Waals surface area contributed by atoms with Gasteiger partial charge in [-0.1, -0.05) is 44.6 Å². The Labute approximate surface area is 169 Å². The molecule has 0 bridgehead atoms. The zero-order valence-corrected chi connectivity index (χ0v) is 17.2. The number of rotatable bonds is 5. The van der Waals surface area contributed by atoms with Crippen LogP contribution in [0.3, 0.4) is 0 Å². The molecule has 1 amide bonds. The molecule has 1 atom stereocenters. The number of aromatic nitrogens is 1. The minimum absolute atomic E-state index is 0.242. The number of nitrogens with zero attached hydrogens (tertiary/aromatic N) is 3. The van der Waals surface area contributed by atoms with Gasteiger partial charge in [-0.15, -0.1) is 0 Å². The van der Waals surface area contributed by atoms with Crippen LogP contribution in [0, 0.1) is 0 Å². The van der Waals surface area contributed by atoms with Gasteiger partial charge in [-0.3, -0.25) is 14.7 Å². The molecule has 2 heterocycles. The minimum atomic E-state index is 0.242. The van der Waals surface area contributed by atoms with Gasteiger partial charge in [0.15, 0.2) is 0 Å². The van der Waals surface area contributed by atoms with Crippen LogP contribution in [0.1, 0.15) is 75.8 Å². The Morgan fingerprint density at radius 3 is 2.36 bits per heavy atom. The second kappa shape index (κ2) is 9.84. The first-order chi connectivity index (χ1) is 13.8. The van der Waals surface area contributed by atoms with Crippen LogP contribution in [0.5, 0.6) is 0 Å². The van der Waals surface area contributed by atoms with Crippen molar-refractivity contribution in [3.8, 4) is 0 Å². The number of hydrogen-bond acceptors (Lipinski definition) is 4. The molecule has 4 rings (SSSR count). The molecule has 5 nitrogen and oxygen atoms in total. The van der Waals surface area contributed by atoms with E-state index >= 15 is 0 Å². The fourth-order valence-corrected chi connectivity index (χ4v) is 5.52. The Kier molecular flexibility index (Phi) is 6.97. The monoisotopic (exact) mass is 384 g/mol. The van der Waals surface area contributed by atoms with Crippen LogP contribution in [0.15, 0.2) is 24.5 Å². The van der Waals surface area contributed by atoms with Crippen molar-refractivity contribution in [2.24, 2.45) is 0 Å². The summed E-state index contributed by atoms with van der Waals surface area (Å²) in [4.78, 5) is 22.7. The number of carbonyl (C=O) groups excluding carboxylic acids is 1. The molecule has 0 aromatic carbocycles. The number of amides is 1. The van der Waals surface area contributed by atoms with Crippen LogP contribution in [-0.2, 0) is 4.79 Å². The van der Waals surface area contributed by atoms with Gasteiger partial charge in [-0.2, -0.15) is 0 Å². The van der Waals surface area contributed by atoms with E-state index in [1.807, 2.05) is 18.5 Å². The maximum atomic E-state index is 13.6. The molecular formula is C23H36N4O. The van der Waals surface area contributed by atoms with Crippen molar-refractivity contribution in [2.75, 3.05) is 26.2 Å². The van der Waals surface area contributed by atoms with Crippen molar-refractivity contribution in [2.45, 2.75) is 82.3 Å². The van der Waals surface area contributed by atoms with E-state index in [0.29, 0.717) is 24.5 Å². The molecule has 2 saturated carbocycles. The summed E-state index contributed by atoms with van der Waals surface area (Å²) in [5.41, 5.74) is 1.21. The summed E-state index contributed by atoms with van der Waals surface area (Å²) < 4.78 is 0. The molecule has 1 aromatic heterocycles. The quantitative estimate of drug-likeness (QED) is 0.844. The van der Waals surface area contributed by atoms with Gasteiger partial charge in [-0.25, -0.2) is 0 Å². The average molecular weight is 385 g/mol. The zero-order chi connectivity index (χ0) is 19.2. The summed E-state index contributed by atoms with van der Waals surface area (Å²) in [6, 6.07) is 5.34. The van der Waals surface area contributed by atoms with E-state index in [-0.39, 0.29) is 6.04 Å². The van der Waals surface area contributed by atoms with E-state index < -0.39 is 0 Å². The second-order valence-electron chi connectivity index (χ2n) is 8.86. The normalized spacial score (nSPS) is 25.5. The van der Waals surface area contributed by atoms with E-state index in [0.717, 1.165) is 19.6 Å². The molecule has 154 valence electrons. The van der Waals surface area contributed by atoms with Gasteiger partial charge in [0.2, 0.25) is 5.91 Å². The topological polar surface area (TPSA) is 48.5 Å². The lowest BCUT2D eigenvalue weighted by Gasteiger charge is -2.44. The lowest BCUT2D eigenvalue weighted by molar-refractivity contribution is -0.140. The van der Waals surface area contributed by atoms with Gasteiger partial charge in [0.25, 0.3) is 0 Å². The third kappa shape index (κ3) is 4.74. The van der Waals surface area contributed by atoms with E-state index in [9.17, 15) is 4.79 Å². The molecule has 0 radical (unpaired) electrons. The molecule has 1 unspecified atom stereocenters. The summed E-state index contributed by atoms with van der Waals surface area (Å²) in [7, 11) is 0. The Morgan fingerprint density at radius 2 is 1.75 bits per heavy atom. The molecular weight excluding hydrogens is 348 g/mol. The van der Waals surface area contributed by atoms with Gasteiger partial charge in [0.05, 0.1) is 6.54 Å². The molecule has 2 aliphatic carbocycles. The Morgan fingerprint density at radius 1 is 1.07 bits per heavy atom. The van der Waals surface area contributed by atoms with Crippen molar-refractivity contribution >= 4 is 5.91 Å². The lowest BCUT2D eigenvalue weighted by atomic mass is 9.88. The predicted octanol–water partition coefficient (Wildman–Crippen LogP) is 3.52. The number of carbonyl (C=O) groups is 1. The number of pyridine rings is 1. The van der Waals surface area contributed by atoms with E-state index in [1.54, 1.807) is 0 Å².